The summed E-state index contributed by atoms with van der Waals surface area (Å²) in [5.41, 5.74) is 5.03. The van der Waals surface area contributed by atoms with Gasteiger partial charge in [0.25, 0.3) is 0 Å². The summed E-state index contributed by atoms with van der Waals surface area (Å²) >= 11 is 11.3. The Kier molecular flexibility index (Phi) is 6.55. The van der Waals surface area contributed by atoms with Gasteiger partial charge in [0.15, 0.2) is 12.2 Å². The molecule has 0 saturated carbocycles. The van der Waals surface area contributed by atoms with E-state index in [0.717, 1.165) is 35.7 Å². The second-order valence-electron chi connectivity index (χ2n) is 9.03. The van der Waals surface area contributed by atoms with Crippen molar-refractivity contribution in [2.24, 2.45) is 0 Å². The molecule has 7 rings (SSSR count). The Bertz CT molecular complexity index is 1520. The van der Waals surface area contributed by atoms with Crippen LogP contribution in [0.25, 0.3) is 0 Å². The third kappa shape index (κ3) is 4.17. The first-order chi connectivity index (χ1) is 18.0. The maximum absolute atomic E-state index is 13.4. The fourth-order valence-electron chi connectivity index (χ4n) is 5.52. The van der Waals surface area contributed by atoms with E-state index >= 15 is 0 Å². The molecule has 37 heavy (non-hydrogen) atoms. The smallest absolute Gasteiger partial charge is 0.338 e. The predicted molar refractivity (Wildman–Crippen MR) is 151 cm³/mol. The van der Waals surface area contributed by atoms with Crippen LogP contribution in [0.4, 0.5) is 0 Å². The van der Waals surface area contributed by atoms with Crippen LogP contribution >= 0.6 is 47.8 Å². The Morgan fingerprint density at radius 1 is 0.514 bits per heavy atom. The minimum atomic E-state index is -0.741. The summed E-state index contributed by atoms with van der Waals surface area (Å²) < 4.78 is 15.2. The lowest BCUT2D eigenvalue weighted by molar-refractivity contribution is -0.0560. The first-order valence-electron chi connectivity index (χ1n) is 11.7. The number of benzene rings is 4. The van der Waals surface area contributed by atoms with Gasteiger partial charge in [0, 0.05) is 13.4 Å². The number of carbonyl (C=O) groups excluding carboxylic acids is 2. The van der Waals surface area contributed by atoms with E-state index in [1.54, 1.807) is 48.5 Å². The molecule has 184 valence electrons. The maximum Gasteiger partial charge on any atom is 0.338 e. The number of carbonyl (C=O) groups is 2. The highest BCUT2D eigenvalue weighted by Gasteiger charge is 2.55. The van der Waals surface area contributed by atoms with Crippen molar-refractivity contribution in [2.75, 3.05) is 0 Å². The van der Waals surface area contributed by atoms with Gasteiger partial charge in [-0.1, -0.05) is 96.3 Å². The molecule has 0 heterocycles. The maximum atomic E-state index is 13.4. The molecule has 3 aliphatic carbocycles. The molecule has 4 atom stereocenters. The van der Waals surface area contributed by atoms with E-state index < -0.39 is 24.1 Å². The summed E-state index contributed by atoms with van der Waals surface area (Å²) in [5.74, 6) is -1.62. The Morgan fingerprint density at radius 3 is 1.51 bits per heavy atom. The van der Waals surface area contributed by atoms with E-state index in [1.807, 2.05) is 36.4 Å². The average Bonchev–Trinajstić information content (AvgIpc) is 2.92. The summed E-state index contributed by atoms with van der Waals surface area (Å²) in [6.07, 6.45) is -1.47. The lowest BCUT2D eigenvalue weighted by Crippen LogP contribution is -2.51. The Morgan fingerprint density at radius 2 is 0.973 bits per heavy atom. The average molecular weight is 683 g/mol. The van der Waals surface area contributed by atoms with Crippen LogP contribution in [-0.4, -0.2) is 24.1 Å². The van der Waals surface area contributed by atoms with Crippen molar-refractivity contribution in [3.63, 3.8) is 0 Å². The molecular formula is C30H19Br3O4. The monoisotopic (exact) mass is 680 g/mol. The van der Waals surface area contributed by atoms with Crippen LogP contribution < -0.4 is 0 Å². The number of esters is 2. The van der Waals surface area contributed by atoms with Gasteiger partial charge in [-0.05, 0) is 64.7 Å². The first-order valence-corrected chi connectivity index (χ1v) is 14.1. The molecule has 0 radical (unpaired) electrons. The van der Waals surface area contributed by atoms with Crippen molar-refractivity contribution in [3.05, 3.63) is 138 Å². The fourth-order valence-corrected chi connectivity index (χ4v) is 7.33. The van der Waals surface area contributed by atoms with Crippen LogP contribution in [0.15, 0.2) is 104 Å². The molecule has 0 N–H and O–H groups in total. The van der Waals surface area contributed by atoms with Gasteiger partial charge in [-0.25, -0.2) is 9.59 Å². The molecule has 0 fully saturated rings. The minimum Gasteiger partial charge on any atom is -0.454 e. The number of halogens is 3. The molecule has 4 nitrogen and oxygen atoms in total. The minimum absolute atomic E-state index is 0.347. The Balaban J connectivity index is 1.53. The SMILES string of the molecule is O=C(OC1C(OC(=O)c2ccccc2)[C@H]2c3cccc(Br)c3[C@H]1c1c(Br)ccc(Br)c12)c1ccccc1. The van der Waals surface area contributed by atoms with Gasteiger partial charge in [-0.15, -0.1) is 0 Å². The summed E-state index contributed by atoms with van der Waals surface area (Å²) in [6, 6.07) is 27.8. The van der Waals surface area contributed by atoms with Crippen LogP contribution in [0.3, 0.4) is 0 Å². The summed E-state index contributed by atoms with van der Waals surface area (Å²) in [6.45, 7) is 0. The number of rotatable bonds is 4. The molecule has 2 unspecified atom stereocenters. The molecule has 4 aromatic carbocycles. The second-order valence-corrected chi connectivity index (χ2v) is 11.6. The zero-order valence-electron chi connectivity index (χ0n) is 19.2. The van der Waals surface area contributed by atoms with Crippen LogP contribution in [0, 0.1) is 0 Å². The van der Waals surface area contributed by atoms with Crippen LogP contribution in [-0.2, 0) is 9.47 Å². The molecule has 7 heteroatoms. The normalized spacial score (nSPS) is 21.1. The summed E-state index contributed by atoms with van der Waals surface area (Å²) in [4.78, 5) is 26.7. The van der Waals surface area contributed by atoms with Gasteiger partial charge >= 0.3 is 11.9 Å². The van der Waals surface area contributed by atoms with Crippen molar-refractivity contribution in [3.8, 4) is 0 Å². The summed E-state index contributed by atoms with van der Waals surface area (Å²) in [5, 5.41) is 0. The quantitative estimate of drug-likeness (QED) is 0.205. The van der Waals surface area contributed by atoms with Crippen molar-refractivity contribution >= 4 is 59.7 Å². The lowest BCUT2D eigenvalue weighted by atomic mass is 9.61. The molecule has 0 saturated heterocycles. The van der Waals surface area contributed by atoms with Crippen LogP contribution in [0.1, 0.15) is 54.8 Å². The molecule has 3 aliphatic rings. The fraction of sp³-hybridized carbons (Fsp3) is 0.133. The van der Waals surface area contributed by atoms with E-state index in [4.69, 9.17) is 9.47 Å². The largest absolute Gasteiger partial charge is 0.454 e. The highest BCUT2D eigenvalue weighted by molar-refractivity contribution is 9.11. The molecular weight excluding hydrogens is 664 g/mol. The van der Waals surface area contributed by atoms with Crippen molar-refractivity contribution in [2.45, 2.75) is 24.0 Å². The number of hydrogen-bond donors (Lipinski definition) is 0. The van der Waals surface area contributed by atoms with Crippen molar-refractivity contribution < 1.29 is 19.1 Å². The molecule has 0 amide bonds. The summed E-state index contributed by atoms with van der Waals surface area (Å²) in [7, 11) is 0. The number of ether oxygens (including phenoxy) is 2. The highest BCUT2D eigenvalue weighted by Crippen LogP contribution is 2.59. The Labute approximate surface area is 239 Å². The number of hydrogen-bond acceptors (Lipinski definition) is 4. The highest BCUT2D eigenvalue weighted by atomic mass is 79.9. The van der Waals surface area contributed by atoms with Gasteiger partial charge in [0.1, 0.15) is 0 Å². The molecule has 4 aromatic rings. The van der Waals surface area contributed by atoms with E-state index in [-0.39, 0.29) is 11.8 Å². The molecule has 0 aromatic heterocycles. The van der Waals surface area contributed by atoms with Crippen molar-refractivity contribution in [1.29, 1.82) is 0 Å². The van der Waals surface area contributed by atoms with E-state index in [9.17, 15) is 9.59 Å². The second kappa shape index (κ2) is 9.86. The third-order valence-electron chi connectivity index (χ3n) is 7.02. The molecule has 2 bridgehead atoms. The van der Waals surface area contributed by atoms with E-state index in [0.29, 0.717) is 11.1 Å². The van der Waals surface area contributed by atoms with Gasteiger partial charge < -0.3 is 9.47 Å². The third-order valence-corrected chi connectivity index (χ3v) is 9.10. The van der Waals surface area contributed by atoms with Crippen LogP contribution in [0.5, 0.6) is 0 Å². The van der Waals surface area contributed by atoms with E-state index in [1.165, 1.54) is 0 Å². The zero-order chi connectivity index (χ0) is 25.7. The van der Waals surface area contributed by atoms with Gasteiger partial charge in [0.2, 0.25) is 0 Å². The predicted octanol–water partition coefficient (Wildman–Crippen LogP) is 8.02. The zero-order valence-corrected chi connectivity index (χ0v) is 24.0. The topological polar surface area (TPSA) is 52.6 Å². The molecule has 0 aliphatic heterocycles. The Hall–Kier alpha value is -2.74. The first kappa shape index (κ1) is 24.6. The number of fused-ring (bicyclic) bond motifs is 1. The van der Waals surface area contributed by atoms with Gasteiger partial charge in [-0.3, -0.25) is 0 Å². The lowest BCUT2D eigenvalue weighted by Gasteiger charge is -2.50. The standard InChI is InChI=1S/C30H19Br3O4/c31-19-13-7-12-18-22(19)26-25-21(33)15-14-20(32)24(25)23(18)27(36-29(34)16-8-3-1-4-9-16)28(26)37-30(35)17-10-5-2-6-11-17/h1-15,23,26-28H/t23-,26-,27?,28?/m0/s1. The molecule has 0 spiro atoms. The van der Waals surface area contributed by atoms with Crippen molar-refractivity contribution in [1.82, 2.24) is 0 Å². The van der Waals surface area contributed by atoms with Gasteiger partial charge in [0.05, 0.1) is 23.0 Å². The van der Waals surface area contributed by atoms with Crippen LogP contribution in [0.2, 0.25) is 0 Å². The van der Waals surface area contributed by atoms with Gasteiger partial charge in [-0.2, -0.15) is 0 Å². The van der Waals surface area contributed by atoms with E-state index in [2.05, 4.69) is 53.9 Å².